The Bertz CT molecular complexity index is 2540. The monoisotopic (exact) mass is 1110 g/mol. The molecule has 12 atom stereocenters. The number of rotatable bonds is 18. The number of nitrogens with two attached hydrogens (primary N) is 1. The number of anilines is 1. The molecule has 2 fully saturated rings. The van der Waals surface area contributed by atoms with E-state index < -0.39 is 148 Å². The van der Waals surface area contributed by atoms with E-state index in [4.69, 9.17) is 69.0 Å². The largest absolute Gasteiger partial charge is 0.490 e. The number of phosphoric acid groups is 6. The van der Waals surface area contributed by atoms with E-state index in [1.165, 1.54) is 0 Å². The highest BCUT2D eigenvalue weighted by atomic mass is 32.1. The van der Waals surface area contributed by atoms with E-state index in [1.807, 2.05) is 0 Å². The first-order valence-electron chi connectivity index (χ1n) is 15.7. The third kappa shape index (κ3) is 15.0. The third-order valence-electron chi connectivity index (χ3n) is 7.62. The van der Waals surface area contributed by atoms with Gasteiger partial charge in [-0.3, -0.25) is 18.2 Å². The lowest BCUT2D eigenvalue weighted by atomic mass is 9.95. The lowest BCUT2D eigenvalue weighted by molar-refractivity contribution is -0.121. The molecular formula is C20H31F4N5O26P6S3. The molecule has 0 bridgehead atoms. The molecule has 0 radical (unpaired) electrons. The molecule has 0 aromatic carbocycles. The fourth-order valence-corrected chi connectivity index (χ4v) is 11.8. The van der Waals surface area contributed by atoms with Gasteiger partial charge in [-0.05, 0) is 24.4 Å². The Kier molecular flexibility index (Phi) is 18.7. The molecule has 368 valence electrons. The highest BCUT2D eigenvalue weighted by Crippen LogP contribution is 2.67. The molecule has 4 heterocycles. The van der Waals surface area contributed by atoms with Crippen LogP contribution in [0.25, 0.3) is 0 Å². The van der Waals surface area contributed by atoms with Crippen molar-refractivity contribution in [2.45, 2.75) is 48.1 Å². The Labute approximate surface area is 366 Å². The molecular weight excluding hydrogens is 1080 g/mol. The van der Waals surface area contributed by atoms with Crippen LogP contribution in [0.3, 0.4) is 0 Å². The zero-order valence-electron chi connectivity index (χ0n) is 30.4. The number of aliphatic hydroxyl groups is 4. The summed E-state index contributed by atoms with van der Waals surface area (Å²) >= 11 is 14.4. The molecule has 2 aromatic heterocycles. The van der Waals surface area contributed by atoms with Gasteiger partial charge in [0.2, 0.25) is 4.77 Å². The molecule has 0 saturated carbocycles. The summed E-state index contributed by atoms with van der Waals surface area (Å²) in [4.78, 5) is 76.6. The van der Waals surface area contributed by atoms with Crippen molar-refractivity contribution in [2.75, 3.05) is 32.3 Å². The van der Waals surface area contributed by atoms with Crippen LogP contribution in [0.2, 0.25) is 0 Å². The van der Waals surface area contributed by atoms with Crippen LogP contribution in [-0.4, -0.2) is 141 Å². The minimum absolute atomic E-state index is 0.353. The van der Waals surface area contributed by atoms with Crippen LogP contribution in [0.15, 0.2) is 12.4 Å². The van der Waals surface area contributed by atoms with Crippen LogP contribution in [0.5, 0.6) is 0 Å². The number of aromatic nitrogens is 4. The molecule has 15 N–H and O–H groups in total. The van der Waals surface area contributed by atoms with Gasteiger partial charge in [0.1, 0.15) is 42.4 Å². The van der Waals surface area contributed by atoms with Gasteiger partial charge in [-0.15, -0.1) is 0 Å². The average Bonchev–Trinajstić information content (AvgIpc) is 3.51. The topological polar surface area (TPSA) is 484 Å². The maximum absolute atomic E-state index is 13.8. The minimum atomic E-state index is -5.81. The normalized spacial score (nSPS) is 30.1. The van der Waals surface area contributed by atoms with Gasteiger partial charge >= 0.3 is 46.9 Å². The molecule has 0 spiro atoms. The van der Waals surface area contributed by atoms with Crippen molar-refractivity contribution < 1.29 is 140 Å². The standard InChI is InChI=1S/C10H16F2N3O13P3S.C10H15F2N2O13P3S2/c11-3-10(17)6(16)5(26-8(10)15-1-4(12)7(13)14-9(15)32)2-25-30(21,22)28-31(23,24)27-29(18,19)20;11-3-10(16)6(15)5(25-8(10)14-1-4(12)7(31)13-9(14)32)2-24-29(20,21)27-30(22,23)26-28(17,18)19/h1,5-6,8,16-17H,2-3H2,(H,21,22)(H,23,24)(H2,13,14,32)(H2,18,19,20);1,5-6,8,15-16H,2-3H2,(H,20,21)(H,22,23)(H,13,31,32)(H2,17,18,19)/t2*5-,6+,8-,10?/m11/s1. The summed E-state index contributed by atoms with van der Waals surface area (Å²) in [7, 11) is -34.1. The van der Waals surface area contributed by atoms with Gasteiger partial charge in [-0.1, -0.05) is 12.2 Å². The smallest absolute Gasteiger partial charge is 0.387 e. The first kappa shape index (κ1) is 57.2. The molecule has 31 nitrogen and oxygen atoms in total. The summed E-state index contributed by atoms with van der Waals surface area (Å²) in [5.41, 5.74) is -0.332. The van der Waals surface area contributed by atoms with E-state index in [9.17, 15) is 75.2 Å². The Hall–Kier alpha value is -1.08. The van der Waals surface area contributed by atoms with E-state index >= 15 is 0 Å². The predicted molar refractivity (Wildman–Crippen MR) is 199 cm³/mol. The zero-order valence-corrected chi connectivity index (χ0v) is 38.2. The maximum atomic E-state index is 13.8. The Morgan fingerprint density at radius 3 is 1.44 bits per heavy atom. The van der Waals surface area contributed by atoms with Crippen LogP contribution in [-0.2, 0) is 63.2 Å². The minimum Gasteiger partial charge on any atom is -0.387 e. The second-order valence-electron chi connectivity index (χ2n) is 12.3. The average molecular weight is 1120 g/mol. The van der Waals surface area contributed by atoms with E-state index in [-0.39, 0.29) is 4.77 Å². The van der Waals surface area contributed by atoms with E-state index in [2.05, 4.69) is 48.5 Å². The highest BCUT2D eigenvalue weighted by Gasteiger charge is 2.59. The van der Waals surface area contributed by atoms with Crippen molar-refractivity contribution in [3.8, 4) is 0 Å². The van der Waals surface area contributed by atoms with Crippen LogP contribution >= 0.6 is 83.6 Å². The van der Waals surface area contributed by atoms with Gasteiger partial charge in [-0.25, -0.2) is 45.0 Å². The van der Waals surface area contributed by atoms with Gasteiger partial charge in [0.25, 0.3) is 0 Å². The predicted octanol–water partition coefficient (Wildman–Crippen LogP) is 0.353. The van der Waals surface area contributed by atoms with E-state index in [0.717, 1.165) is 0 Å². The van der Waals surface area contributed by atoms with E-state index in [1.54, 1.807) is 0 Å². The maximum Gasteiger partial charge on any atom is 0.490 e. The van der Waals surface area contributed by atoms with Gasteiger partial charge in [-0.2, -0.15) is 22.2 Å². The van der Waals surface area contributed by atoms with Gasteiger partial charge in [0.05, 0.1) is 13.2 Å². The number of H-pyrrole nitrogens is 1. The molecule has 2 aliphatic heterocycles. The number of phosphoric ester groups is 2. The fraction of sp³-hybridized carbons (Fsp3) is 0.600. The first-order chi connectivity index (χ1) is 28.8. The molecule has 64 heavy (non-hydrogen) atoms. The number of nitrogens with zero attached hydrogens (tertiary/aromatic N) is 3. The van der Waals surface area contributed by atoms with Gasteiger partial charge < -0.3 is 79.8 Å². The van der Waals surface area contributed by atoms with Crippen molar-refractivity contribution >= 4 is 89.4 Å². The van der Waals surface area contributed by atoms with Crippen LogP contribution < -0.4 is 5.73 Å². The Balaban J connectivity index is 0.000000340. The number of nitrogens with one attached hydrogen (secondary N) is 1. The molecule has 44 heteroatoms. The number of aliphatic hydroxyl groups excluding tert-OH is 2. The lowest BCUT2D eigenvalue weighted by Gasteiger charge is -2.29. The molecule has 0 amide bonds. The summed E-state index contributed by atoms with van der Waals surface area (Å²) < 4.78 is 155. The summed E-state index contributed by atoms with van der Waals surface area (Å²) in [5.74, 6) is -2.82. The summed E-state index contributed by atoms with van der Waals surface area (Å²) in [6.07, 6.45) is -10.6. The second kappa shape index (κ2) is 20.9. The van der Waals surface area contributed by atoms with Crippen LogP contribution in [0, 0.1) is 25.8 Å². The number of ether oxygens (including phenoxy) is 2. The van der Waals surface area contributed by atoms with Gasteiger partial charge in [0.15, 0.2) is 45.9 Å². The van der Waals surface area contributed by atoms with Crippen molar-refractivity contribution in [3.05, 3.63) is 38.2 Å². The Morgan fingerprint density at radius 1 is 0.688 bits per heavy atom. The molecule has 6 unspecified atom stereocenters. The molecule has 2 saturated heterocycles. The second-order valence-corrected chi connectivity index (χ2v) is 22.3. The number of halogens is 4. The fourth-order valence-electron chi connectivity index (χ4n) is 5.02. The zero-order chi connectivity index (χ0) is 49.4. The SMILES string of the molecule is Nc1nc(=S)n([C@@H]2O[C@H](COP(=O)(O)OP(=O)(O)OP(=O)(O)O)[C@H](O)C2(O)CF)cc1F.O=P(O)(O)OP(=O)(O)OP(=O)(O)OC[C@H]1O[C@@H](n2cc(F)c(=S)[nH]c2=S)C(O)(CF)[C@H]1O. The molecule has 4 rings (SSSR count). The summed E-state index contributed by atoms with van der Waals surface area (Å²) in [5, 5.41) is 41.4. The number of aromatic amines is 1. The molecule has 0 aliphatic carbocycles. The number of hydrogen-bond donors (Lipinski definition) is 14. The van der Waals surface area contributed by atoms with Crippen LogP contribution in [0.4, 0.5) is 23.4 Å². The van der Waals surface area contributed by atoms with Crippen molar-refractivity contribution in [1.82, 2.24) is 19.1 Å². The number of nitrogen functional groups attached to an aromatic ring is 1. The van der Waals surface area contributed by atoms with Gasteiger partial charge in [0, 0.05) is 12.4 Å². The highest BCUT2D eigenvalue weighted by molar-refractivity contribution is 7.72. The lowest BCUT2D eigenvalue weighted by Crippen LogP contribution is -2.49. The molecule has 2 aromatic rings. The van der Waals surface area contributed by atoms with Crippen molar-refractivity contribution in [2.24, 2.45) is 0 Å². The third-order valence-corrected chi connectivity index (χ3v) is 16.1. The summed E-state index contributed by atoms with van der Waals surface area (Å²) in [6, 6.07) is 0. The Morgan fingerprint density at radius 2 is 1.06 bits per heavy atom. The van der Waals surface area contributed by atoms with Crippen molar-refractivity contribution in [3.63, 3.8) is 0 Å². The van der Waals surface area contributed by atoms with E-state index in [0.29, 0.717) is 21.5 Å². The molecule has 2 aliphatic rings. The first-order valence-corrected chi connectivity index (χ1v) is 25.9. The van der Waals surface area contributed by atoms with Crippen molar-refractivity contribution in [1.29, 1.82) is 0 Å². The number of alkyl halides is 2. The number of hydrogen-bond acceptors (Lipinski definition) is 23. The quantitative estimate of drug-likeness (QED) is 0.0544. The summed E-state index contributed by atoms with van der Waals surface area (Å²) in [6.45, 7) is -5.80. The van der Waals surface area contributed by atoms with Crippen LogP contribution in [0.1, 0.15) is 12.5 Å².